The van der Waals surface area contributed by atoms with E-state index in [-0.39, 0.29) is 40.1 Å². The van der Waals surface area contributed by atoms with Crippen LogP contribution in [0.2, 0.25) is 0 Å². The summed E-state index contributed by atoms with van der Waals surface area (Å²) in [5.74, 6) is 0.203. The van der Waals surface area contributed by atoms with Gasteiger partial charge >= 0.3 is 5.69 Å². The number of hydrogen-bond acceptors (Lipinski definition) is 6. The van der Waals surface area contributed by atoms with Gasteiger partial charge in [-0.25, -0.2) is 9.48 Å². The summed E-state index contributed by atoms with van der Waals surface area (Å²) >= 11 is 2.86. The van der Waals surface area contributed by atoms with Gasteiger partial charge in [0.1, 0.15) is 4.83 Å². The first-order valence-electron chi connectivity index (χ1n) is 10.7. The van der Waals surface area contributed by atoms with Crippen LogP contribution in [0.5, 0.6) is 0 Å². The Bertz CT molecular complexity index is 1600. The average Bonchev–Trinajstić information content (AvgIpc) is 3.10. The van der Waals surface area contributed by atoms with Gasteiger partial charge in [0, 0.05) is 28.6 Å². The minimum absolute atomic E-state index is 0.104. The Morgan fingerprint density at radius 1 is 1.00 bits per heavy atom. The van der Waals surface area contributed by atoms with Gasteiger partial charge in [0.2, 0.25) is 0 Å². The highest BCUT2D eigenvalue weighted by Gasteiger charge is 2.23. The lowest BCUT2D eigenvalue weighted by Crippen LogP contribution is -2.38. The number of fused-ring (bicyclic) bond motifs is 2. The molecule has 0 saturated carbocycles. The van der Waals surface area contributed by atoms with Crippen LogP contribution in [0.4, 0.5) is 0 Å². The Kier molecular flexibility index (Phi) is 6.24. The maximum Gasteiger partial charge on any atom is 0.331 e. The molecule has 0 spiro atoms. The fraction of sp³-hybridized carbons (Fsp3) is 0.391. The number of nitrogens with one attached hydrogen (secondary N) is 1. The topological polar surface area (TPSA) is 98.9 Å². The predicted molar refractivity (Wildman–Crippen MR) is 135 cm³/mol. The van der Waals surface area contributed by atoms with E-state index in [1.807, 2.05) is 27.7 Å². The Hall–Kier alpha value is -2.85. The van der Waals surface area contributed by atoms with E-state index in [2.05, 4.69) is 5.10 Å². The van der Waals surface area contributed by atoms with Crippen LogP contribution in [0, 0.1) is 5.92 Å². The van der Waals surface area contributed by atoms with Crippen LogP contribution >= 0.6 is 23.1 Å². The summed E-state index contributed by atoms with van der Waals surface area (Å²) < 4.78 is 4.08. The first-order valence-corrected chi connectivity index (χ1v) is 12.4. The largest absolute Gasteiger partial charge is 0.331 e. The lowest BCUT2D eigenvalue weighted by Gasteiger charge is -2.12. The van der Waals surface area contributed by atoms with Crippen molar-refractivity contribution in [3.8, 4) is 0 Å². The summed E-state index contributed by atoms with van der Waals surface area (Å²) in [6.45, 7) is 8.66. The third-order valence-corrected chi connectivity index (χ3v) is 7.77. The molecular weight excluding hydrogens is 460 g/mol. The number of hydrogen-bond donors (Lipinski definition) is 1. The molecule has 1 aromatic carbocycles. The van der Waals surface area contributed by atoms with Crippen molar-refractivity contribution in [3.05, 3.63) is 70.7 Å². The summed E-state index contributed by atoms with van der Waals surface area (Å²) in [4.78, 5) is 53.9. The van der Waals surface area contributed by atoms with Crippen molar-refractivity contribution in [1.82, 2.24) is 18.9 Å². The van der Waals surface area contributed by atoms with Gasteiger partial charge in [-0.2, -0.15) is 0 Å². The van der Waals surface area contributed by atoms with Gasteiger partial charge in [-0.15, -0.1) is 23.1 Å². The van der Waals surface area contributed by atoms with Gasteiger partial charge in [-0.1, -0.05) is 39.8 Å². The number of thiophene rings is 1. The summed E-state index contributed by atoms with van der Waals surface area (Å²) in [7, 11) is 1.49. The third-order valence-electron chi connectivity index (χ3n) is 5.28. The second-order valence-corrected chi connectivity index (χ2v) is 11.4. The first-order chi connectivity index (χ1) is 15.6. The third kappa shape index (κ3) is 4.13. The minimum Gasteiger partial charge on any atom is -0.284 e. The van der Waals surface area contributed by atoms with Crippen molar-refractivity contribution in [3.63, 3.8) is 0 Å². The van der Waals surface area contributed by atoms with Gasteiger partial charge in [-0.05, 0) is 18.1 Å². The van der Waals surface area contributed by atoms with Gasteiger partial charge in [-0.3, -0.25) is 28.6 Å². The quantitative estimate of drug-likeness (QED) is 0.423. The minimum atomic E-state index is -0.355. The Balaban J connectivity index is 2.01. The Morgan fingerprint density at radius 3 is 2.30 bits per heavy atom. The summed E-state index contributed by atoms with van der Waals surface area (Å²) in [6, 6.07) is 6.69. The first kappa shape index (κ1) is 23.3. The SMILES string of the molecule is CC(C)Cn1c(=O)n(C)c(=O)c2c(SC(C)C)c(Cn3[nH]c(=O)c4ccccc4c3=O)sc21. The molecule has 0 saturated heterocycles. The number of aromatic amines is 1. The zero-order chi connectivity index (χ0) is 24.0. The van der Waals surface area contributed by atoms with E-state index in [1.165, 1.54) is 34.8 Å². The van der Waals surface area contributed by atoms with Crippen molar-refractivity contribution in [2.24, 2.45) is 13.0 Å². The molecule has 0 unspecified atom stereocenters. The molecule has 0 fully saturated rings. The van der Waals surface area contributed by atoms with Gasteiger partial charge in [0.05, 0.1) is 22.7 Å². The van der Waals surface area contributed by atoms with E-state index < -0.39 is 0 Å². The number of rotatable bonds is 6. The predicted octanol–water partition coefficient (Wildman–Crippen LogP) is 2.97. The molecule has 0 radical (unpaired) electrons. The molecule has 4 aromatic rings. The van der Waals surface area contributed by atoms with E-state index in [4.69, 9.17) is 0 Å². The summed E-state index contributed by atoms with van der Waals surface area (Å²) in [6.07, 6.45) is 0. The van der Waals surface area contributed by atoms with Crippen molar-refractivity contribution < 1.29 is 0 Å². The molecule has 3 aromatic heterocycles. The number of thioether (sulfide) groups is 1. The Morgan fingerprint density at radius 2 is 1.67 bits per heavy atom. The second kappa shape index (κ2) is 8.83. The molecule has 0 bridgehead atoms. The van der Waals surface area contributed by atoms with Gasteiger partial charge in [0.25, 0.3) is 16.7 Å². The van der Waals surface area contributed by atoms with Crippen LogP contribution in [-0.4, -0.2) is 24.2 Å². The summed E-state index contributed by atoms with van der Waals surface area (Å²) in [5.41, 5.74) is -1.36. The smallest absolute Gasteiger partial charge is 0.284 e. The van der Waals surface area contributed by atoms with E-state index in [0.29, 0.717) is 27.5 Å². The molecule has 3 heterocycles. The van der Waals surface area contributed by atoms with Gasteiger partial charge < -0.3 is 0 Å². The molecule has 0 aliphatic carbocycles. The fourth-order valence-electron chi connectivity index (χ4n) is 3.84. The number of nitrogens with zero attached hydrogens (tertiary/aromatic N) is 3. The number of benzene rings is 1. The van der Waals surface area contributed by atoms with Gasteiger partial charge in [0.15, 0.2) is 0 Å². The normalized spacial score (nSPS) is 12.0. The monoisotopic (exact) mass is 486 g/mol. The van der Waals surface area contributed by atoms with Crippen LogP contribution in [0.25, 0.3) is 21.0 Å². The average molecular weight is 487 g/mol. The Labute approximate surface area is 197 Å². The van der Waals surface area contributed by atoms with E-state index in [1.54, 1.807) is 28.8 Å². The maximum atomic E-state index is 13.2. The molecule has 0 atom stereocenters. The summed E-state index contributed by atoms with van der Waals surface area (Å²) in [5, 5.41) is 4.01. The number of aromatic nitrogens is 4. The van der Waals surface area contributed by atoms with Crippen LogP contribution in [0.3, 0.4) is 0 Å². The molecule has 8 nitrogen and oxygen atoms in total. The molecule has 4 rings (SSSR count). The lowest BCUT2D eigenvalue weighted by atomic mass is 10.2. The lowest BCUT2D eigenvalue weighted by molar-refractivity contribution is 0.504. The van der Waals surface area contributed by atoms with Crippen molar-refractivity contribution in [2.45, 2.75) is 50.9 Å². The highest BCUT2D eigenvalue weighted by atomic mass is 32.2. The molecular formula is C23H26N4O4S2. The van der Waals surface area contributed by atoms with Crippen molar-refractivity contribution in [1.29, 1.82) is 0 Å². The van der Waals surface area contributed by atoms with Crippen molar-refractivity contribution in [2.75, 3.05) is 0 Å². The maximum absolute atomic E-state index is 13.2. The molecule has 10 heteroatoms. The van der Waals surface area contributed by atoms with Crippen LogP contribution in [-0.2, 0) is 20.1 Å². The van der Waals surface area contributed by atoms with E-state index in [0.717, 1.165) is 14.3 Å². The highest BCUT2D eigenvalue weighted by molar-refractivity contribution is 8.00. The molecule has 0 amide bonds. The van der Waals surface area contributed by atoms with Crippen LogP contribution in [0.1, 0.15) is 32.6 Å². The highest BCUT2D eigenvalue weighted by Crippen LogP contribution is 2.38. The molecule has 33 heavy (non-hydrogen) atoms. The van der Waals surface area contributed by atoms with E-state index >= 15 is 0 Å². The number of H-pyrrole nitrogens is 1. The zero-order valence-corrected chi connectivity index (χ0v) is 20.8. The zero-order valence-electron chi connectivity index (χ0n) is 19.2. The van der Waals surface area contributed by atoms with Crippen LogP contribution < -0.4 is 22.4 Å². The molecule has 0 aliphatic rings. The standard InChI is InChI=1S/C23H26N4O4S2/c1-12(2)10-26-22-17(21(30)25(5)23(26)31)18(32-13(3)4)16(33-22)11-27-20(29)15-9-7-6-8-14(15)19(28)24-27/h6-9,12-13H,10-11H2,1-5H3,(H,24,28). The van der Waals surface area contributed by atoms with E-state index in [9.17, 15) is 19.2 Å². The molecule has 1 N–H and O–H groups in total. The van der Waals surface area contributed by atoms with Crippen LogP contribution in [0.15, 0.2) is 48.3 Å². The second-order valence-electron chi connectivity index (χ2n) is 8.73. The fourth-order valence-corrected chi connectivity index (χ4v) is 6.32. The molecule has 174 valence electrons. The molecule has 0 aliphatic heterocycles. The van der Waals surface area contributed by atoms with Crippen molar-refractivity contribution >= 4 is 44.1 Å².